The van der Waals surface area contributed by atoms with E-state index in [0.29, 0.717) is 0 Å². The van der Waals surface area contributed by atoms with Crippen molar-refractivity contribution in [3.8, 4) is 0 Å². The van der Waals surface area contributed by atoms with Gasteiger partial charge >= 0.3 is 0 Å². The molecular formula is C17H17ClN2S. The molecule has 1 heterocycles. The number of rotatable bonds is 5. The lowest BCUT2D eigenvalue weighted by Crippen LogP contribution is -2.10. The Bertz CT molecular complexity index is 751. The average Bonchev–Trinajstić information content (AvgIpc) is 2.91. The lowest BCUT2D eigenvalue weighted by atomic mass is 10.1. The highest BCUT2D eigenvalue weighted by molar-refractivity contribution is 7.99. The lowest BCUT2D eigenvalue weighted by Gasteiger charge is -2.08. The average molecular weight is 317 g/mol. The summed E-state index contributed by atoms with van der Waals surface area (Å²) in [5.41, 5.74) is 2.38. The van der Waals surface area contributed by atoms with Gasteiger partial charge in [-0.25, -0.2) is 0 Å². The summed E-state index contributed by atoms with van der Waals surface area (Å²) in [6, 6.07) is 14.6. The van der Waals surface area contributed by atoms with Gasteiger partial charge in [0.15, 0.2) is 0 Å². The SMILES string of the molecule is CNCCc1ccccc1Sc1c[nH]c2c(Cl)cccc12. The first-order valence-electron chi connectivity index (χ1n) is 6.95. The van der Waals surface area contributed by atoms with Crippen molar-refractivity contribution >= 4 is 34.3 Å². The van der Waals surface area contributed by atoms with E-state index in [1.165, 1.54) is 20.7 Å². The Kier molecular flexibility index (Phi) is 4.54. The van der Waals surface area contributed by atoms with E-state index in [0.717, 1.165) is 23.5 Å². The van der Waals surface area contributed by atoms with Gasteiger partial charge < -0.3 is 10.3 Å². The van der Waals surface area contributed by atoms with Crippen molar-refractivity contribution in [2.24, 2.45) is 0 Å². The molecule has 0 spiro atoms. The Hall–Kier alpha value is -1.42. The van der Waals surface area contributed by atoms with E-state index in [-0.39, 0.29) is 0 Å². The molecule has 21 heavy (non-hydrogen) atoms. The van der Waals surface area contributed by atoms with E-state index < -0.39 is 0 Å². The number of aromatic amines is 1. The molecule has 2 N–H and O–H groups in total. The number of hydrogen-bond acceptors (Lipinski definition) is 2. The second kappa shape index (κ2) is 6.56. The van der Waals surface area contributed by atoms with E-state index in [9.17, 15) is 0 Å². The maximum Gasteiger partial charge on any atom is 0.0655 e. The molecule has 0 unspecified atom stereocenters. The van der Waals surface area contributed by atoms with Crippen LogP contribution in [0.3, 0.4) is 0 Å². The van der Waals surface area contributed by atoms with Crippen molar-refractivity contribution in [3.63, 3.8) is 0 Å². The van der Waals surface area contributed by atoms with Crippen molar-refractivity contribution < 1.29 is 0 Å². The summed E-state index contributed by atoms with van der Waals surface area (Å²) < 4.78 is 0. The van der Waals surface area contributed by atoms with E-state index in [1.807, 2.05) is 25.4 Å². The van der Waals surface area contributed by atoms with E-state index in [1.54, 1.807) is 11.8 Å². The van der Waals surface area contributed by atoms with Crippen LogP contribution in [0.1, 0.15) is 5.56 Å². The van der Waals surface area contributed by atoms with E-state index in [4.69, 9.17) is 11.6 Å². The maximum atomic E-state index is 6.22. The van der Waals surface area contributed by atoms with Crippen LogP contribution in [-0.4, -0.2) is 18.6 Å². The molecule has 0 atom stereocenters. The number of fused-ring (bicyclic) bond motifs is 1. The molecule has 3 rings (SSSR count). The molecule has 0 aliphatic rings. The number of aromatic nitrogens is 1. The first-order chi connectivity index (χ1) is 10.3. The minimum atomic E-state index is 0.766. The second-order valence-corrected chi connectivity index (χ2v) is 6.37. The predicted octanol–water partition coefficient (Wildman–Crippen LogP) is 4.73. The van der Waals surface area contributed by atoms with Crippen LogP contribution < -0.4 is 5.32 Å². The first-order valence-corrected chi connectivity index (χ1v) is 8.15. The predicted molar refractivity (Wildman–Crippen MR) is 91.5 cm³/mol. The fourth-order valence-electron chi connectivity index (χ4n) is 2.36. The van der Waals surface area contributed by atoms with E-state index >= 15 is 0 Å². The van der Waals surface area contributed by atoms with Crippen LogP contribution >= 0.6 is 23.4 Å². The van der Waals surface area contributed by atoms with Crippen molar-refractivity contribution in [2.75, 3.05) is 13.6 Å². The molecule has 1 aromatic heterocycles. The molecule has 4 heteroatoms. The van der Waals surface area contributed by atoms with Gasteiger partial charge in [-0.2, -0.15) is 0 Å². The molecule has 2 nitrogen and oxygen atoms in total. The highest BCUT2D eigenvalue weighted by Gasteiger charge is 2.09. The highest BCUT2D eigenvalue weighted by atomic mass is 35.5. The zero-order valence-electron chi connectivity index (χ0n) is 11.8. The Morgan fingerprint density at radius 3 is 2.81 bits per heavy atom. The van der Waals surface area contributed by atoms with Crippen LogP contribution in [0.5, 0.6) is 0 Å². The monoisotopic (exact) mass is 316 g/mol. The molecule has 0 saturated carbocycles. The van der Waals surface area contributed by atoms with Gasteiger partial charge in [0.25, 0.3) is 0 Å². The largest absolute Gasteiger partial charge is 0.359 e. The van der Waals surface area contributed by atoms with Crippen molar-refractivity contribution in [2.45, 2.75) is 16.2 Å². The van der Waals surface area contributed by atoms with Gasteiger partial charge in [0.2, 0.25) is 0 Å². The zero-order valence-corrected chi connectivity index (χ0v) is 13.4. The standard InChI is InChI=1S/C17H17ClN2S/c1-19-10-9-12-5-2-3-8-15(12)21-16-11-20-17-13(16)6-4-7-14(17)18/h2-8,11,19-20H,9-10H2,1H3. The number of halogens is 1. The number of para-hydroxylation sites is 1. The maximum absolute atomic E-state index is 6.22. The molecule has 0 bridgehead atoms. The summed E-state index contributed by atoms with van der Waals surface area (Å²) in [5, 5.41) is 5.15. The lowest BCUT2D eigenvalue weighted by molar-refractivity contribution is 0.783. The van der Waals surface area contributed by atoms with Crippen LogP contribution in [0.4, 0.5) is 0 Å². The van der Waals surface area contributed by atoms with Gasteiger partial charge in [-0.15, -0.1) is 0 Å². The Morgan fingerprint density at radius 2 is 1.95 bits per heavy atom. The number of nitrogens with one attached hydrogen (secondary N) is 2. The fraction of sp³-hybridized carbons (Fsp3) is 0.176. The molecule has 0 amide bonds. The van der Waals surface area contributed by atoms with Crippen LogP contribution in [0.2, 0.25) is 5.02 Å². The third-order valence-electron chi connectivity index (χ3n) is 3.46. The molecular weight excluding hydrogens is 300 g/mol. The fourth-order valence-corrected chi connectivity index (χ4v) is 3.68. The summed E-state index contributed by atoms with van der Waals surface area (Å²) in [5.74, 6) is 0. The molecule has 0 radical (unpaired) electrons. The van der Waals surface area contributed by atoms with Gasteiger partial charge in [-0.1, -0.05) is 53.7 Å². The van der Waals surface area contributed by atoms with Crippen LogP contribution in [0, 0.1) is 0 Å². The van der Waals surface area contributed by atoms with Crippen molar-refractivity contribution in [3.05, 3.63) is 59.2 Å². The first kappa shape index (κ1) is 14.5. The Morgan fingerprint density at radius 1 is 1.10 bits per heavy atom. The van der Waals surface area contributed by atoms with Crippen LogP contribution in [0.15, 0.2) is 58.5 Å². The Balaban J connectivity index is 1.94. The second-order valence-electron chi connectivity index (χ2n) is 4.88. The topological polar surface area (TPSA) is 27.8 Å². The molecule has 0 aliphatic heterocycles. The highest BCUT2D eigenvalue weighted by Crippen LogP contribution is 2.37. The molecule has 108 valence electrons. The summed E-state index contributed by atoms with van der Waals surface area (Å²) >= 11 is 8.02. The number of H-pyrrole nitrogens is 1. The molecule has 0 aliphatic carbocycles. The van der Waals surface area contributed by atoms with Gasteiger partial charge in [0.1, 0.15) is 0 Å². The van der Waals surface area contributed by atoms with Gasteiger partial charge in [0, 0.05) is 21.4 Å². The van der Waals surface area contributed by atoms with Crippen molar-refractivity contribution in [1.29, 1.82) is 0 Å². The van der Waals surface area contributed by atoms with Crippen LogP contribution in [-0.2, 0) is 6.42 Å². The minimum absolute atomic E-state index is 0.766. The van der Waals surface area contributed by atoms with Crippen LogP contribution in [0.25, 0.3) is 10.9 Å². The summed E-state index contributed by atoms with van der Waals surface area (Å²) in [6.07, 6.45) is 3.07. The third kappa shape index (κ3) is 3.10. The molecule has 3 aromatic rings. The Labute approximate surface area is 133 Å². The van der Waals surface area contributed by atoms with Gasteiger partial charge in [-0.05, 0) is 37.7 Å². The number of benzene rings is 2. The summed E-state index contributed by atoms with van der Waals surface area (Å²) in [4.78, 5) is 5.79. The minimum Gasteiger partial charge on any atom is -0.359 e. The van der Waals surface area contributed by atoms with Gasteiger partial charge in [-0.3, -0.25) is 0 Å². The smallest absolute Gasteiger partial charge is 0.0655 e. The van der Waals surface area contributed by atoms with Gasteiger partial charge in [0.05, 0.1) is 10.5 Å². The number of hydrogen-bond donors (Lipinski definition) is 2. The molecule has 0 fully saturated rings. The van der Waals surface area contributed by atoms with E-state index in [2.05, 4.69) is 40.6 Å². The quantitative estimate of drug-likeness (QED) is 0.712. The zero-order chi connectivity index (χ0) is 14.7. The summed E-state index contributed by atoms with van der Waals surface area (Å²) in [7, 11) is 1.98. The van der Waals surface area contributed by atoms with Crippen molar-refractivity contribution in [1.82, 2.24) is 10.3 Å². The summed E-state index contributed by atoms with van der Waals surface area (Å²) in [6.45, 7) is 0.983. The molecule has 0 saturated heterocycles. The third-order valence-corrected chi connectivity index (χ3v) is 4.95. The molecule has 2 aromatic carbocycles. The number of likely N-dealkylation sites (N-methyl/N-ethyl adjacent to an activating group) is 1. The normalized spacial score (nSPS) is 11.1.